The molecule has 1 aliphatic heterocycles. The van der Waals surface area contributed by atoms with Crippen LogP contribution in [0.5, 0.6) is 0 Å². The number of nitrogens with two attached hydrogens (primary N) is 1. The summed E-state index contributed by atoms with van der Waals surface area (Å²) < 4.78 is 16.9. The van der Waals surface area contributed by atoms with Gasteiger partial charge in [-0.15, -0.1) is 0 Å². The van der Waals surface area contributed by atoms with Gasteiger partial charge in [-0.05, 0) is 24.3 Å². The molecule has 1 aromatic heterocycles. The molecular weight excluding hydrogens is 265 g/mol. The second-order valence-electron chi connectivity index (χ2n) is 4.39. The lowest BCUT2D eigenvalue weighted by Gasteiger charge is -2.35. The zero-order chi connectivity index (χ0) is 13.2. The summed E-state index contributed by atoms with van der Waals surface area (Å²) in [6.07, 6.45) is 0. The molecule has 0 aliphatic carbocycles. The van der Waals surface area contributed by atoms with Crippen LogP contribution in [0, 0.1) is 5.82 Å². The number of nitrogen functional groups attached to an aromatic ring is 1. The maximum absolute atomic E-state index is 12.9. The van der Waals surface area contributed by atoms with E-state index in [-0.39, 0.29) is 5.82 Å². The van der Waals surface area contributed by atoms with Gasteiger partial charge in [0.25, 0.3) is 0 Å². The van der Waals surface area contributed by atoms with Gasteiger partial charge in [-0.25, -0.2) is 4.39 Å². The fourth-order valence-electron chi connectivity index (χ4n) is 2.16. The number of piperazine rings is 1. The molecule has 100 valence electrons. The van der Waals surface area contributed by atoms with Crippen LogP contribution >= 0.6 is 11.5 Å². The SMILES string of the molecule is Nc1nsc(N2CCN(c3ccc(F)cc3)CC2)n1. The quantitative estimate of drug-likeness (QED) is 0.904. The summed E-state index contributed by atoms with van der Waals surface area (Å²) in [6.45, 7) is 3.49. The first-order valence-electron chi connectivity index (χ1n) is 6.07. The smallest absolute Gasteiger partial charge is 0.233 e. The highest BCUT2D eigenvalue weighted by molar-refractivity contribution is 7.09. The number of anilines is 3. The van der Waals surface area contributed by atoms with Gasteiger partial charge in [-0.1, -0.05) is 0 Å². The number of benzene rings is 1. The number of aromatic nitrogens is 2. The molecule has 1 aromatic carbocycles. The van der Waals surface area contributed by atoms with Crippen molar-refractivity contribution in [3.8, 4) is 0 Å². The van der Waals surface area contributed by atoms with Crippen LogP contribution in [-0.4, -0.2) is 35.5 Å². The van der Waals surface area contributed by atoms with Crippen LogP contribution in [-0.2, 0) is 0 Å². The third-order valence-corrected chi connectivity index (χ3v) is 3.96. The van der Waals surface area contributed by atoms with E-state index < -0.39 is 0 Å². The van der Waals surface area contributed by atoms with E-state index in [1.54, 1.807) is 0 Å². The van der Waals surface area contributed by atoms with Crippen LogP contribution in [0.1, 0.15) is 0 Å². The molecule has 2 N–H and O–H groups in total. The predicted octanol–water partition coefficient (Wildman–Crippen LogP) is 1.59. The van der Waals surface area contributed by atoms with Crippen molar-refractivity contribution in [2.45, 2.75) is 0 Å². The molecule has 0 saturated carbocycles. The van der Waals surface area contributed by atoms with Crippen molar-refractivity contribution in [3.05, 3.63) is 30.1 Å². The molecule has 1 aliphatic rings. The molecule has 1 fully saturated rings. The van der Waals surface area contributed by atoms with Gasteiger partial charge in [0.2, 0.25) is 11.1 Å². The van der Waals surface area contributed by atoms with Crippen molar-refractivity contribution in [1.82, 2.24) is 9.36 Å². The molecule has 0 unspecified atom stereocenters. The minimum Gasteiger partial charge on any atom is -0.368 e. The van der Waals surface area contributed by atoms with E-state index in [1.165, 1.54) is 23.7 Å². The van der Waals surface area contributed by atoms with Crippen molar-refractivity contribution >= 4 is 28.3 Å². The summed E-state index contributed by atoms with van der Waals surface area (Å²) >= 11 is 1.33. The molecule has 5 nitrogen and oxygen atoms in total. The largest absolute Gasteiger partial charge is 0.368 e. The Bertz CT molecular complexity index is 548. The van der Waals surface area contributed by atoms with Crippen LogP contribution in [0.15, 0.2) is 24.3 Å². The fraction of sp³-hybridized carbons (Fsp3) is 0.333. The lowest BCUT2D eigenvalue weighted by Crippen LogP contribution is -2.46. The van der Waals surface area contributed by atoms with E-state index in [2.05, 4.69) is 19.2 Å². The molecule has 7 heteroatoms. The van der Waals surface area contributed by atoms with Gasteiger partial charge in [0.05, 0.1) is 0 Å². The van der Waals surface area contributed by atoms with Crippen molar-refractivity contribution in [1.29, 1.82) is 0 Å². The van der Waals surface area contributed by atoms with E-state index in [9.17, 15) is 4.39 Å². The van der Waals surface area contributed by atoms with Crippen LogP contribution in [0.25, 0.3) is 0 Å². The Balaban J connectivity index is 1.64. The molecule has 2 heterocycles. The second-order valence-corrected chi connectivity index (χ2v) is 5.12. The van der Waals surface area contributed by atoms with E-state index in [0.29, 0.717) is 5.95 Å². The number of nitrogens with zero attached hydrogens (tertiary/aromatic N) is 4. The van der Waals surface area contributed by atoms with E-state index >= 15 is 0 Å². The zero-order valence-corrected chi connectivity index (χ0v) is 11.1. The number of hydrogen-bond acceptors (Lipinski definition) is 6. The van der Waals surface area contributed by atoms with Gasteiger partial charge < -0.3 is 15.5 Å². The summed E-state index contributed by atoms with van der Waals surface area (Å²) in [5, 5.41) is 0.872. The summed E-state index contributed by atoms with van der Waals surface area (Å²) in [5.41, 5.74) is 6.59. The standard InChI is InChI=1S/C12H14FN5S/c13-9-1-3-10(4-2-9)17-5-7-18(8-6-17)12-15-11(14)16-19-12/h1-4H,5-8H2,(H2,14,16). The molecule has 0 atom stereocenters. The lowest BCUT2D eigenvalue weighted by molar-refractivity contribution is 0.624. The van der Waals surface area contributed by atoms with Gasteiger partial charge in [0.1, 0.15) is 5.82 Å². The minimum atomic E-state index is -0.202. The first-order chi connectivity index (χ1) is 9.22. The summed E-state index contributed by atoms with van der Waals surface area (Å²) in [4.78, 5) is 8.60. The van der Waals surface area contributed by atoms with Gasteiger partial charge in [0.15, 0.2) is 0 Å². The third-order valence-electron chi connectivity index (χ3n) is 3.17. The van der Waals surface area contributed by atoms with Crippen molar-refractivity contribution in [2.75, 3.05) is 41.7 Å². The zero-order valence-electron chi connectivity index (χ0n) is 10.3. The van der Waals surface area contributed by atoms with Crippen LogP contribution < -0.4 is 15.5 Å². The molecule has 1 saturated heterocycles. The fourth-order valence-corrected chi connectivity index (χ4v) is 2.81. The maximum atomic E-state index is 12.9. The lowest BCUT2D eigenvalue weighted by atomic mass is 10.2. The molecule has 0 radical (unpaired) electrons. The Kier molecular flexibility index (Phi) is 3.20. The Morgan fingerprint density at radius 2 is 1.68 bits per heavy atom. The first-order valence-corrected chi connectivity index (χ1v) is 6.84. The average Bonchev–Trinajstić information content (AvgIpc) is 2.87. The van der Waals surface area contributed by atoms with Gasteiger partial charge in [0, 0.05) is 43.4 Å². The second kappa shape index (κ2) is 5.00. The number of hydrogen-bond donors (Lipinski definition) is 1. The van der Waals surface area contributed by atoms with E-state index in [0.717, 1.165) is 37.0 Å². The molecule has 0 spiro atoms. The Hall–Kier alpha value is -1.89. The Labute approximate surface area is 114 Å². The predicted molar refractivity (Wildman–Crippen MR) is 75.1 cm³/mol. The minimum absolute atomic E-state index is 0.202. The molecule has 3 rings (SSSR count). The van der Waals surface area contributed by atoms with Gasteiger partial charge >= 0.3 is 0 Å². The molecule has 2 aromatic rings. The average molecular weight is 279 g/mol. The number of halogens is 1. The summed E-state index contributed by atoms with van der Waals surface area (Å²) in [6, 6.07) is 6.61. The highest BCUT2D eigenvalue weighted by atomic mass is 32.1. The molecule has 19 heavy (non-hydrogen) atoms. The highest BCUT2D eigenvalue weighted by Crippen LogP contribution is 2.22. The molecule has 0 bridgehead atoms. The van der Waals surface area contributed by atoms with Crippen LogP contribution in [0.2, 0.25) is 0 Å². The highest BCUT2D eigenvalue weighted by Gasteiger charge is 2.19. The Morgan fingerprint density at radius 1 is 1.05 bits per heavy atom. The number of rotatable bonds is 2. The summed E-state index contributed by atoms with van der Waals surface area (Å²) in [5.74, 6) is 0.132. The van der Waals surface area contributed by atoms with Gasteiger partial charge in [-0.2, -0.15) is 9.36 Å². The molecule has 0 amide bonds. The maximum Gasteiger partial charge on any atom is 0.233 e. The Morgan fingerprint density at radius 3 is 2.26 bits per heavy atom. The normalized spacial score (nSPS) is 15.8. The first kappa shape index (κ1) is 12.2. The molecular formula is C12H14FN5S. The van der Waals surface area contributed by atoms with Crippen molar-refractivity contribution in [2.24, 2.45) is 0 Å². The van der Waals surface area contributed by atoms with Crippen LogP contribution in [0.4, 0.5) is 21.2 Å². The summed E-state index contributed by atoms with van der Waals surface area (Å²) in [7, 11) is 0. The van der Waals surface area contributed by atoms with Gasteiger partial charge in [-0.3, -0.25) is 0 Å². The third kappa shape index (κ3) is 2.60. The van der Waals surface area contributed by atoms with E-state index in [1.807, 2.05) is 12.1 Å². The van der Waals surface area contributed by atoms with Crippen molar-refractivity contribution < 1.29 is 4.39 Å². The monoisotopic (exact) mass is 279 g/mol. The van der Waals surface area contributed by atoms with Crippen molar-refractivity contribution in [3.63, 3.8) is 0 Å². The topological polar surface area (TPSA) is 58.3 Å². The van der Waals surface area contributed by atoms with Crippen LogP contribution in [0.3, 0.4) is 0 Å². The van der Waals surface area contributed by atoms with E-state index in [4.69, 9.17) is 5.73 Å².